The van der Waals surface area contributed by atoms with Gasteiger partial charge >= 0.3 is 0 Å². The molecule has 1 saturated heterocycles. The van der Waals surface area contributed by atoms with Crippen LogP contribution < -0.4 is 5.32 Å². The van der Waals surface area contributed by atoms with Gasteiger partial charge in [-0.25, -0.2) is 0 Å². The normalized spacial score (nSPS) is 23.7. The number of nitriles is 1. The minimum absolute atomic E-state index is 0.151. The van der Waals surface area contributed by atoms with Crippen molar-refractivity contribution < 1.29 is 0 Å². The molecular weight excluding hydrogens is 186 g/mol. The first-order valence-electron chi connectivity index (χ1n) is 6.12. The van der Waals surface area contributed by atoms with Crippen LogP contribution in [-0.2, 0) is 0 Å². The molecule has 0 bridgehead atoms. The van der Waals surface area contributed by atoms with Crippen LogP contribution in [0.2, 0.25) is 0 Å². The molecule has 1 heterocycles. The summed E-state index contributed by atoms with van der Waals surface area (Å²) in [7, 11) is 0. The van der Waals surface area contributed by atoms with Crippen molar-refractivity contribution in [1.29, 1.82) is 5.26 Å². The Bertz CT molecular complexity index is 203. The van der Waals surface area contributed by atoms with E-state index in [0.29, 0.717) is 6.04 Å². The first kappa shape index (κ1) is 12.5. The number of nitrogens with one attached hydrogen (secondary N) is 1. The third-order valence-electron chi connectivity index (χ3n) is 3.03. The summed E-state index contributed by atoms with van der Waals surface area (Å²) in [6.45, 7) is 8.52. The van der Waals surface area contributed by atoms with Crippen molar-refractivity contribution >= 4 is 0 Å². The molecule has 0 aromatic carbocycles. The highest BCUT2D eigenvalue weighted by Gasteiger charge is 2.21. The monoisotopic (exact) mass is 209 g/mol. The molecule has 0 spiro atoms. The van der Waals surface area contributed by atoms with Crippen LogP contribution in [0.5, 0.6) is 0 Å². The lowest BCUT2D eigenvalue weighted by atomic mass is 10.0. The Labute approximate surface area is 93.5 Å². The molecule has 1 N–H and O–H groups in total. The lowest BCUT2D eigenvalue weighted by Gasteiger charge is -2.35. The van der Waals surface area contributed by atoms with Gasteiger partial charge in [0.25, 0.3) is 0 Å². The van der Waals surface area contributed by atoms with Crippen molar-refractivity contribution in [3.63, 3.8) is 0 Å². The Morgan fingerprint density at radius 1 is 1.60 bits per heavy atom. The molecule has 1 fully saturated rings. The van der Waals surface area contributed by atoms with Gasteiger partial charge in [-0.05, 0) is 39.3 Å². The van der Waals surface area contributed by atoms with Crippen molar-refractivity contribution in [3.8, 4) is 6.07 Å². The summed E-state index contributed by atoms with van der Waals surface area (Å²) < 4.78 is 0. The minimum atomic E-state index is 0.151. The Morgan fingerprint density at radius 2 is 2.40 bits per heavy atom. The van der Waals surface area contributed by atoms with E-state index < -0.39 is 0 Å². The molecule has 2 unspecified atom stereocenters. The quantitative estimate of drug-likeness (QED) is 0.747. The van der Waals surface area contributed by atoms with Crippen LogP contribution in [0.1, 0.15) is 33.1 Å². The zero-order chi connectivity index (χ0) is 11.1. The highest BCUT2D eigenvalue weighted by molar-refractivity contribution is 4.85. The van der Waals surface area contributed by atoms with E-state index in [1.807, 2.05) is 6.92 Å². The number of rotatable bonds is 5. The molecule has 86 valence electrons. The van der Waals surface area contributed by atoms with E-state index in [2.05, 4.69) is 23.2 Å². The van der Waals surface area contributed by atoms with Gasteiger partial charge in [0.05, 0.1) is 12.0 Å². The van der Waals surface area contributed by atoms with Gasteiger partial charge in [0.2, 0.25) is 0 Å². The van der Waals surface area contributed by atoms with E-state index in [-0.39, 0.29) is 5.92 Å². The molecule has 1 aliphatic heterocycles. The van der Waals surface area contributed by atoms with Gasteiger partial charge in [-0.3, -0.25) is 4.90 Å². The third kappa shape index (κ3) is 4.19. The molecule has 1 rings (SSSR count). The smallest absolute Gasteiger partial charge is 0.0666 e. The summed E-state index contributed by atoms with van der Waals surface area (Å²) in [6.07, 6.45) is 3.73. The minimum Gasteiger partial charge on any atom is -0.315 e. The summed E-state index contributed by atoms with van der Waals surface area (Å²) >= 11 is 0. The molecule has 0 aromatic rings. The average molecular weight is 209 g/mol. The number of piperidine rings is 1. The summed E-state index contributed by atoms with van der Waals surface area (Å²) in [5.41, 5.74) is 0. The predicted octanol–water partition coefficient (Wildman–Crippen LogP) is 1.61. The molecule has 3 nitrogen and oxygen atoms in total. The molecule has 1 aliphatic rings. The summed E-state index contributed by atoms with van der Waals surface area (Å²) in [5, 5.41) is 12.3. The molecule has 2 atom stereocenters. The second kappa shape index (κ2) is 6.81. The van der Waals surface area contributed by atoms with Gasteiger partial charge in [0.1, 0.15) is 0 Å². The van der Waals surface area contributed by atoms with Crippen molar-refractivity contribution in [2.24, 2.45) is 5.92 Å². The fourth-order valence-corrected chi connectivity index (χ4v) is 2.25. The van der Waals surface area contributed by atoms with Crippen LogP contribution in [0.15, 0.2) is 0 Å². The van der Waals surface area contributed by atoms with E-state index >= 15 is 0 Å². The molecule has 15 heavy (non-hydrogen) atoms. The Kier molecular flexibility index (Phi) is 5.67. The second-order valence-corrected chi connectivity index (χ2v) is 4.53. The lowest BCUT2D eigenvalue weighted by molar-refractivity contribution is 0.155. The van der Waals surface area contributed by atoms with Gasteiger partial charge in [-0.2, -0.15) is 5.26 Å². The molecule has 0 radical (unpaired) electrons. The van der Waals surface area contributed by atoms with E-state index in [1.165, 1.54) is 19.3 Å². The summed E-state index contributed by atoms with van der Waals surface area (Å²) in [5.74, 6) is 0.151. The molecule has 0 amide bonds. The van der Waals surface area contributed by atoms with E-state index in [0.717, 1.165) is 26.2 Å². The molecule has 0 aromatic heterocycles. The van der Waals surface area contributed by atoms with Gasteiger partial charge < -0.3 is 5.32 Å². The number of hydrogen-bond acceptors (Lipinski definition) is 3. The van der Waals surface area contributed by atoms with E-state index in [9.17, 15) is 0 Å². The first-order valence-corrected chi connectivity index (χ1v) is 6.12. The Balaban J connectivity index is 2.44. The van der Waals surface area contributed by atoms with Gasteiger partial charge in [0, 0.05) is 19.1 Å². The number of nitrogens with zero attached hydrogens (tertiary/aromatic N) is 2. The second-order valence-electron chi connectivity index (χ2n) is 4.53. The van der Waals surface area contributed by atoms with Crippen LogP contribution in [0.3, 0.4) is 0 Å². The fraction of sp³-hybridized carbons (Fsp3) is 0.917. The first-order chi connectivity index (χ1) is 7.27. The maximum atomic E-state index is 8.86. The topological polar surface area (TPSA) is 39.1 Å². The van der Waals surface area contributed by atoms with Gasteiger partial charge in [-0.1, -0.05) is 6.92 Å². The van der Waals surface area contributed by atoms with E-state index in [1.54, 1.807) is 0 Å². The van der Waals surface area contributed by atoms with Gasteiger partial charge in [0.15, 0.2) is 0 Å². The van der Waals surface area contributed by atoms with Crippen LogP contribution in [0, 0.1) is 17.2 Å². The Hall–Kier alpha value is -0.590. The zero-order valence-electron chi connectivity index (χ0n) is 10.00. The maximum Gasteiger partial charge on any atom is 0.0666 e. The lowest BCUT2D eigenvalue weighted by Crippen LogP contribution is -2.47. The van der Waals surface area contributed by atoms with E-state index in [4.69, 9.17) is 5.26 Å². The highest BCUT2D eigenvalue weighted by Crippen LogP contribution is 2.12. The largest absolute Gasteiger partial charge is 0.315 e. The zero-order valence-corrected chi connectivity index (χ0v) is 10.00. The summed E-state index contributed by atoms with van der Waals surface area (Å²) in [6, 6.07) is 2.98. The van der Waals surface area contributed by atoms with Crippen LogP contribution >= 0.6 is 0 Å². The van der Waals surface area contributed by atoms with Crippen LogP contribution in [-0.4, -0.2) is 37.1 Å². The Morgan fingerprint density at radius 3 is 2.93 bits per heavy atom. The standard InChI is InChI=1S/C12H23N3/c1-3-7-15(10-11(2)8-13)12-5-4-6-14-9-12/h11-12,14H,3-7,9-10H2,1-2H3. The maximum absolute atomic E-state index is 8.86. The van der Waals surface area contributed by atoms with Crippen LogP contribution in [0.4, 0.5) is 0 Å². The SMILES string of the molecule is CCCN(CC(C)C#N)C1CCCNC1. The fourth-order valence-electron chi connectivity index (χ4n) is 2.25. The van der Waals surface area contributed by atoms with Gasteiger partial charge in [-0.15, -0.1) is 0 Å². The van der Waals surface area contributed by atoms with Crippen LogP contribution in [0.25, 0.3) is 0 Å². The molecule has 3 heteroatoms. The molecule has 0 aliphatic carbocycles. The number of hydrogen-bond donors (Lipinski definition) is 1. The molecule has 0 saturated carbocycles. The van der Waals surface area contributed by atoms with Crippen molar-refractivity contribution in [3.05, 3.63) is 0 Å². The van der Waals surface area contributed by atoms with Crippen molar-refractivity contribution in [2.45, 2.75) is 39.2 Å². The third-order valence-corrected chi connectivity index (χ3v) is 3.03. The average Bonchev–Trinajstić information content (AvgIpc) is 2.29. The molecular formula is C12H23N3. The van der Waals surface area contributed by atoms with Crippen molar-refractivity contribution in [2.75, 3.05) is 26.2 Å². The van der Waals surface area contributed by atoms with Crippen molar-refractivity contribution in [1.82, 2.24) is 10.2 Å². The highest BCUT2D eigenvalue weighted by atomic mass is 15.2. The predicted molar refractivity (Wildman–Crippen MR) is 62.5 cm³/mol. The summed E-state index contributed by atoms with van der Waals surface area (Å²) in [4.78, 5) is 2.49.